The van der Waals surface area contributed by atoms with E-state index >= 15 is 0 Å². The average Bonchev–Trinajstić information content (AvgIpc) is 2.95. The maximum Gasteiger partial charge on any atom is 0.409 e. The topological polar surface area (TPSA) is 50.1 Å². The second kappa shape index (κ2) is 5.55. The summed E-state index contributed by atoms with van der Waals surface area (Å²) in [5, 5.41) is 2.09. The van der Waals surface area contributed by atoms with Gasteiger partial charge in [-0.3, -0.25) is 9.30 Å². The summed E-state index contributed by atoms with van der Waals surface area (Å²) in [5.41, 5.74) is 2.59. The van der Waals surface area contributed by atoms with Crippen LogP contribution in [0.3, 0.4) is 0 Å². The second-order valence-corrected chi connectivity index (χ2v) is 6.99. The molecular weight excluding hydrogens is 300 g/mol. The lowest BCUT2D eigenvalue weighted by Crippen LogP contribution is -2.33. The zero-order valence-corrected chi connectivity index (χ0v) is 13.5. The first-order chi connectivity index (χ1) is 10.7. The van der Waals surface area contributed by atoms with Crippen molar-refractivity contribution in [2.24, 2.45) is 0 Å². The molecular formula is C15H20N4O2S. The predicted molar refractivity (Wildman–Crippen MR) is 84.3 cm³/mol. The van der Waals surface area contributed by atoms with Crippen molar-refractivity contribution >= 4 is 22.4 Å². The smallest absolute Gasteiger partial charge is 0.409 e. The number of fused-ring (bicyclic) bond motifs is 1. The van der Waals surface area contributed by atoms with Gasteiger partial charge in [-0.25, -0.2) is 9.78 Å². The maximum atomic E-state index is 11.5. The van der Waals surface area contributed by atoms with Crippen LogP contribution in [0.4, 0.5) is 4.79 Å². The molecule has 0 bridgehead atoms. The van der Waals surface area contributed by atoms with Crippen molar-refractivity contribution < 1.29 is 9.53 Å². The Kier molecular flexibility index (Phi) is 3.54. The molecule has 2 fully saturated rings. The lowest BCUT2D eigenvalue weighted by molar-refractivity contribution is 0.155. The van der Waals surface area contributed by atoms with Crippen molar-refractivity contribution in [2.75, 3.05) is 33.3 Å². The molecule has 0 unspecified atom stereocenters. The number of amides is 1. The Hall–Kier alpha value is -1.60. The third kappa shape index (κ3) is 2.59. The number of carbonyl (C=O) groups excluding carboxylic acids is 1. The number of cyclic esters (lactones) is 1. The van der Waals surface area contributed by atoms with Crippen molar-refractivity contribution in [3.63, 3.8) is 0 Å². The van der Waals surface area contributed by atoms with Crippen LogP contribution in [0.25, 0.3) is 4.96 Å². The van der Waals surface area contributed by atoms with E-state index in [4.69, 9.17) is 9.72 Å². The fraction of sp³-hybridized carbons (Fsp3) is 0.600. The van der Waals surface area contributed by atoms with Crippen molar-refractivity contribution in [3.05, 3.63) is 23.0 Å². The molecule has 7 heteroatoms. The third-order valence-electron chi connectivity index (χ3n) is 4.37. The molecule has 0 aromatic carbocycles. The summed E-state index contributed by atoms with van der Waals surface area (Å²) in [6.07, 6.45) is 4.46. The largest absolute Gasteiger partial charge is 0.448 e. The van der Waals surface area contributed by atoms with E-state index in [1.807, 2.05) is 0 Å². The van der Waals surface area contributed by atoms with Crippen LogP contribution < -0.4 is 0 Å². The maximum absolute atomic E-state index is 11.5. The van der Waals surface area contributed by atoms with Gasteiger partial charge in [-0.2, -0.15) is 0 Å². The number of carbonyl (C=O) groups is 1. The highest BCUT2D eigenvalue weighted by molar-refractivity contribution is 7.15. The summed E-state index contributed by atoms with van der Waals surface area (Å²) >= 11 is 1.69. The van der Waals surface area contributed by atoms with E-state index in [0.717, 1.165) is 24.6 Å². The molecule has 0 spiro atoms. The Morgan fingerprint density at radius 1 is 1.50 bits per heavy atom. The number of ether oxygens (including phenoxy) is 1. The third-order valence-corrected chi connectivity index (χ3v) is 5.13. The monoisotopic (exact) mass is 320 g/mol. The van der Waals surface area contributed by atoms with Gasteiger partial charge in [-0.15, -0.1) is 11.3 Å². The molecule has 0 radical (unpaired) electrons. The Morgan fingerprint density at radius 2 is 2.36 bits per heavy atom. The Morgan fingerprint density at radius 3 is 3.09 bits per heavy atom. The van der Waals surface area contributed by atoms with Gasteiger partial charge in [0.1, 0.15) is 6.61 Å². The van der Waals surface area contributed by atoms with E-state index in [0.29, 0.717) is 19.1 Å². The number of rotatable bonds is 6. The van der Waals surface area contributed by atoms with Crippen molar-refractivity contribution in [1.82, 2.24) is 19.2 Å². The number of likely N-dealkylation sites (N-methyl/N-ethyl adjacent to an activating group) is 1. The SMILES string of the molecule is CN(CCN1CCOC1=O)Cc1c(C2CC2)nc2sccn12. The fourth-order valence-electron chi connectivity index (χ4n) is 2.95. The molecule has 2 aliphatic rings. The van der Waals surface area contributed by atoms with Gasteiger partial charge in [0, 0.05) is 37.1 Å². The van der Waals surface area contributed by atoms with Gasteiger partial charge < -0.3 is 9.64 Å². The summed E-state index contributed by atoms with van der Waals surface area (Å²) in [6, 6.07) is 0. The first-order valence-electron chi connectivity index (χ1n) is 7.77. The number of thiazole rings is 1. The quantitative estimate of drug-likeness (QED) is 0.818. The van der Waals surface area contributed by atoms with Gasteiger partial charge in [-0.05, 0) is 19.9 Å². The highest BCUT2D eigenvalue weighted by atomic mass is 32.1. The summed E-state index contributed by atoms with van der Waals surface area (Å²) in [6.45, 7) is 3.66. The minimum atomic E-state index is -0.184. The zero-order valence-electron chi connectivity index (χ0n) is 12.7. The number of nitrogens with zero attached hydrogens (tertiary/aromatic N) is 4. The molecule has 1 saturated carbocycles. The minimum absolute atomic E-state index is 0.184. The average molecular weight is 320 g/mol. The summed E-state index contributed by atoms with van der Waals surface area (Å²) in [5.74, 6) is 0.657. The van der Waals surface area contributed by atoms with E-state index in [9.17, 15) is 4.79 Å². The second-order valence-electron chi connectivity index (χ2n) is 6.11. The van der Waals surface area contributed by atoms with Crippen LogP contribution in [0.2, 0.25) is 0 Å². The zero-order chi connectivity index (χ0) is 15.1. The first-order valence-corrected chi connectivity index (χ1v) is 8.65. The van der Waals surface area contributed by atoms with Gasteiger partial charge in [0.2, 0.25) is 0 Å². The molecule has 1 saturated heterocycles. The Balaban J connectivity index is 1.44. The van der Waals surface area contributed by atoms with E-state index < -0.39 is 0 Å². The van der Waals surface area contributed by atoms with Crippen LogP contribution in [-0.2, 0) is 11.3 Å². The molecule has 0 atom stereocenters. The first kappa shape index (κ1) is 14.0. The molecule has 118 valence electrons. The Bertz CT molecular complexity index is 691. The minimum Gasteiger partial charge on any atom is -0.448 e. The van der Waals surface area contributed by atoms with E-state index in [1.165, 1.54) is 24.2 Å². The summed E-state index contributed by atoms with van der Waals surface area (Å²) < 4.78 is 7.19. The van der Waals surface area contributed by atoms with Crippen molar-refractivity contribution in [3.8, 4) is 0 Å². The van der Waals surface area contributed by atoms with E-state index in [1.54, 1.807) is 16.2 Å². The van der Waals surface area contributed by atoms with Crippen LogP contribution in [0, 0.1) is 0 Å². The van der Waals surface area contributed by atoms with Crippen molar-refractivity contribution in [1.29, 1.82) is 0 Å². The standard InChI is InChI=1S/C15H20N4O2S/c1-17(4-5-18-6-8-21-15(18)20)10-12-13(11-2-3-11)16-14-19(12)7-9-22-14/h7,9,11H,2-6,8,10H2,1H3. The van der Waals surface area contributed by atoms with Crippen LogP contribution in [0.5, 0.6) is 0 Å². The molecule has 4 rings (SSSR count). The molecule has 2 aromatic rings. The van der Waals surface area contributed by atoms with Crippen LogP contribution in [-0.4, -0.2) is 58.6 Å². The van der Waals surface area contributed by atoms with Gasteiger partial charge in [0.05, 0.1) is 17.9 Å². The van der Waals surface area contributed by atoms with Crippen LogP contribution in [0.1, 0.15) is 30.1 Å². The number of imidazole rings is 1. The molecule has 0 N–H and O–H groups in total. The van der Waals surface area contributed by atoms with Gasteiger partial charge >= 0.3 is 6.09 Å². The lowest BCUT2D eigenvalue weighted by atomic mass is 10.2. The highest BCUT2D eigenvalue weighted by Crippen LogP contribution is 2.42. The van der Waals surface area contributed by atoms with Crippen LogP contribution >= 0.6 is 11.3 Å². The number of hydrogen-bond donors (Lipinski definition) is 0. The molecule has 3 heterocycles. The van der Waals surface area contributed by atoms with Gasteiger partial charge in [-0.1, -0.05) is 0 Å². The summed E-state index contributed by atoms with van der Waals surface area (Å²) in [7, 11) is 2.10. The number of aromatic nitrogens is 2. The van der Waals surface area contributed by atoms with E-state index in [-0.39, 0.29) is 6.09 Å². The molecule has 22 heavy (non-hydrogen) atoms. The van der Waals surface area contributed by atoms with Gasteiger partial charge in [0.25, 0.3) is 0 Å². The Labute approximate surface area is 133 Å². The molecule has 2 aromatic heterocycles. The number of hydrogen-bond acceptors (Lipinski definition) is 5. The molecule has 1 amide bonds. The molecule has 1 aliphatic carbocycles. The molecule has 1 aliphatic heterocycles. The fourth-order valence-corrected chi connectivity index (χ4v) is 3.69. The highest BCUT2D eigenvalue weighted by Gasteiger charge is 2.30. The predicted octanol–water partition coefficient (Wildman–Crippen LogP) is 2.16. The van der Waals surface area contributed by atoms with Gasteiger partial charge in [0.15, 0.2) is 4.96 Å². The van der Waals surface area contributed by atoms with Crippen LogP contribution in [0.15, 0.2) is 11.6 Å². The van der Waals surface area contributed by atoms with Crippen molar-refractivity contribution in [2.45, 2.75) is 25.3 Å². The normalized spacial score (nSPS) is 18.6. The van der Waals surface area contributed by atoms with E-state index in [2.05, 4.69) is 27.9 Å². The summed E-state index contributed by atoms with van der Waals surface area (Å²) in [4.78, 5) is 21.4. The molecule has 6 nitrogen and oxygen atoms in total. The lowest BCUT2D eigenvalue weighted by Gasteiger charge is -2.20.